The van der Waals surface area contributed by atoms with Crippen molar-refractivity contribution in [2.24, 2.45) is 0 Å². The summed E-state index contributed by atoms with van der Waals surface area (Å²) in [4.78, 5) is 5.72. The molecule has 3 aliphatic rings. The summed E-state index contributed by atoms with van der Waals surface area (Å²) in [6.07, 6.45) is 11.5. The number of nitrogens with zero attached hydrogens (tertiary/aromatic N) is 2. The molecule has 18 heavy (non-hydrogen) atoms. The van der Waals surface area contributed by atoms with Gasteiger partial charge in [-0.1, -0.05) is 26.2 Å². The Morgan fingerprint density at radius 3 is 2.56 bits per heavy atom. The molecule has 2 unspecified atom stereocenters. The second kappa shape index (κ2) is 5.13. The Balaban J connectivity index is 1.75. The molecular weight excluding hydrogens is 220 g/mol. The van der Waals surface area contributed by atoms with Crippen LogP contribution in [0, 0.1) is 0 Å². The van der Waals surface area contributed by atoms with E-state index in [0.29, 0.717) is 5.54 Å². The fourth-order valence-electron chi connectivity index (χ4n) is 4.69. The van der Waals surface area contributed by atoms with Gasteiger partial charge in [-0.15, -0.1) is 0 Å². The van der Waals surface area contributed by atoms with E-state index in [1.54, 1.807) is 0 Å². The molecule has 2 atom stereocenters. The molecule has 0 N–H and O–H groups in total. The number of hydrogen-bond donors (Lipinski definition) is 0. The molecule has 2 saturated heterocycles. The third-order valence-electron chi connectivity index (χ3n) is 5.89. The number of fused-ring (bicyclic) bond motifs is 1. The lowest BCUT2D eigenvalue weighted by molar-refractivity contribution is -0.0468. The standard InChI is InChI=1S/C16H30N2/c1-3-14-12-17-11-7-4-8-15(17)13-18(14)16(2)9-5-6-10-16/h14-15H,3-13H2,1-2H3. The minimum Gasteiger partial charge on any atom is -0.298 e. The summed E-state index contributed by atoms with van der Waals surface area (Å²) in [5, 5.41) is 0. The van der Waals surface area contributed by atoms with E-state index in [1.165, 1.54) is 71.0 Å². The largest absolute Gasteiger partial charge is 0.298 e. The Morgan fingerprint density at radius 2 is 1.83 bits per heavy atom. The van der Waals surface area contributed by atoms with Gasteiger partial charge >= 0.3 is 0 Å². The van der Waals surface area contributed by atoms with Crippen LogP contribution in [0.25, 0.3) is 0 Å². The molecule has 2 nitrogen and oxygen atoms in total. The van der Waals surface area contributed by atoms with Gasteiger partial charge in [-0.3, -0.25) is 9.80 Å². The van der Waals surface area contributed by atoms with Crippen molar-refractivity contribution < 1.29 is 0 Å². The van der Waals surface area contributed by atoms with Gasteiger partial charge in [0.1, 0.15) is 0 Å². The first-order valence-corrected chi connectivity index (χ1v) is 8.24. The average Bonchev–Trinajstić information content (AvgIpc) is 2.85. The number of hydrogen-bond acceptors (Lipinski definition) is 2. The van der Waals surface area contributed by atoms with Crippen molar-refractivity contribution >= 4 is 0 Å². The SMILES string of the molecule is CCC1CN2CCCCC2CN1C1(C)CCCC1. The van der Waals surface area contributed by atoms with Crippen molar-refractivity contribution in [1.82, 2.24) is 9.80 Å². The number of piperazine rings is 1. The summed E-state index contributed by atoms with van der Waals surface area (Å²) in [6, 6.07) is 1.70. The van der Waals surface area contributed by atoms with Gasteiger partial charge in [-0.05, 0) is 45.6 Å². The van der Waals surface area contributed by atoms with Gasteiger partial charge in [0, 0.05) is 30.7 Å². The molecule has 2 heteroatoms. The summed E-state index contributed by atoms with van der Waals surface area (Å²) in [6.45, 7) is 9.00. The van der Waals surface area contributed by atoms with Crippen LogP contribution in [0.4, 0.5) is 0 Å². The Kier molecular flexibility index (Phi) is 3.68. The molecule has 0 amide bonds. The lowest BCUT2D eigenvalue weighted by Gasteiger charge is -2.54. The van der Waals surface area contributed by atoms with E-state index in [9.17, 15) is 0 Å². The molecule has 0 aromatic carbocycles. The van der Waals surface area contributed by atoms with E-state index in [-0.39, 0.29) is 0 Å². The second-order valence-corrected chi connectivity index (χ2v) is 7.06. The van der Waals surface area contributed by atoms with Crippen LogP contribution >= 0.6 is 0 Å². The zero-order chi connectivity index (χ0) is 12.6. The third kappa shape index (κ3) is 2.22. The first-order valence-electron chi connectivity index (χ1n) is 8.24. The summed E-state index contributed by atoms with van der Waals surface area (Å²) < 4.78 is 0. The minimum absolute atomic E-state index is 0.532. The van der Waals surface area contributed by atoms with Gasteiger partial charge < -0.3 is 0 Å². The van der Waals surface area contributed by atoms with Crippen molar-refractivity contribution in [3.8, 4) is 0 Å². The van der Waals surface area contributed by atoms with Crippen LogP contribution in [0.15, 0.2) is 0 Å². The highest BCUT2D eigenvalue weighted by atomic mass is 15.3. The first-order chi connectivity index (χ1) is 8.73. The van der Waals surface area contributed by atoms with Crippen molar-refractivity contribution in [3.63, 3.8) is 0 Å². The summed E-state index contributed by atoms with van der Waals surface area (Å²) in [7, 11) is 0. The highest BCUT2D eigenvalue weighted by molar-refractivity contribution is 5.00. The molecule has 1 saturated carbocycles. The van der Waals surface area contributed by atoms with Crippen LogP contribution in [0.5, 0.6) is 0 Å². The second-order valence-electron chi connectivity index (χ2n) is 7.06. The van der Waals surface area contributed by atoms with Gasteiger partial charge in [0.15, 0.2) is 0 Å². The molecule has 104 valence electrons. The fraction of sp³-hybridized carbons (Fsp3) is 1.00. The molecule has 0 aromatic rings. The third-order valence-corrected chi connectivity index (χ3v) is 5.89. The zero-order valence-corrected chi connectivity index (χ0v) is 12.3. The average molecular weight is 250 g/mol. The first kappa shape index (κ1) is 12.9. The molecule has 3 fully saturated rings. The van der Waals surface area contributed by atoms with Crippen LogP contribution in [0.3, 0.4) is 0 Å². The maximum absolute atomic E-state index is 2.92. The van der Waals surface area contributed by atoms with Gasteiger partial charge in [0.25, 0.3) is 0 Å². The summed E-state index contributed by atoms with van der Waals surface area (Å²) in [5.41, 5.74) is 0.532. The van der Waals surface area contributed by atoms with Crippen LogP contribution in [0.1, 0.15) is 65.2 Å². The molecule has 0 spiro atoms. The van der Waals surface area contributed by atoms with Crippen LogP contribution in [-0.2, 0) is 0 Å². The van der Waals surface area contributed by atoms with E-state index < -0.39 is 0 Å². The van der Waals surface area contributed by atoms with Crippen LogP contribution in [0.2, 0.25) is 0 Å². The van der Waals surface area contributed by atoms with Gasteiger partial charge in [-0.25, -0.2) is 0 Å². The maximum atomic E-state index is 2.92. The lowest BCUT2D eigenvalue weighted by Crippen LogP contribution is -2.64. The van der Waals surface area contributed by atoms with E-state index >= 15 is 0 Å². The summed E-state index contributed by atoms with van der Waals surface area (Å²) >= 11 is 0. The van der Waals surface area contributed by atoms with Crippen LogP contribution < -0.4 is 0 Å². The normalized spacial score (nSPS) is 37.7. The maximum Gasteiger partial charge on any atom is 0.0226 e. The van der Waals surface area contributed by atoms with E-state index in [0.717, 1.165) is 12.1 Å². The van der Waals surface area contributed by atoms with Gasteiger partial charge in [-0.2, -0.15) is 0 Å². The Bertz CT molecular complexity index is 283. The highest BCUT2D eigenvalue weighted by Crippen LogP contribution is 2.39. The van der Waals surface area contributed by atoms with E-state index in [4.69, 9.17) is 0 Å². The van der Waals surface area contributed by atoms with Gasteiger partial charge in [0.05, 0.1) is 0 Å². The van der Waals surface area contributed by atoms with Crippen molar-refractivity contribution in [2.75, 3.05) is 19.6 Å². The Morgan fingerprint density at radius 1 is 1.06 bits per heavy atom. The molecule has 2 aliphatic heterocycles. The molecule has 0 aromatic heterocycles. The quantitative estimate of drug-likeness (QED) is 0.742. The topological polar surface area (TPSA) is 6.48 Å². The predicted octanol–water partition coefficient (Wildman–Crippen LogP) is 3.27. The Labute approximate surface area is 113 Å². The zero-order valence-electron chi connectivity index (χ0n) is 12.3. The van der Waals surface area contributed by atoms with Crippen molar-refractivity contribution in [2.45, 2.75) is 82.8 Å². The number of piperidine rings is 1. The van der Waals surface area contributed by atoms with Crippen LogP contribution in [-0.4, -0.2) is 47.1 Å². The van der Waals surface area contributed by atoms with Crippen molar-refractivity contribution in [1.29, 1.82) is 0 Å². The predicted molar refractivity (Wildman–Crippen MR) is 76.9 cm³/mol. The molecule has 0 bridgehead atoms. The number of rotatable bonds is 2. The monoisotopic (exact) mass is 250 g/mol. The van der Waals surface area contributed by atoms with E-state index in [2.05, 4.69) is 23.6 Å². The van der Waals surface area contributed by atoms with Crippen molar-refractivity contribution in [3.05, 3.63) is 0 Å². The molecular formula is C16H30N2. The fourth-order valence-corrected chi connectivity index (χ4v) is 4.69. The van der Waals surface area contributed by atoms with E-state index in [1.807, 2.05) is 0 Å². The smallest absolute Gasteiger partial charge is 0.0226 e. The highest BCUT2D eigenvalue weighted by Gasteiger charge is 2.43. The summed E-state index contributed by atoms with van der Waals surface area (Å²) in [5.74, 6) is 0. The molecule has 3 rings (SSSR count). The van der Waals surface area contributed by atoms with Gasteiger partial charge in [0.2, 0.25) is 0 Å². The Hall–Kier alpha value is -0.0800. The lowest BCUT2D eigenvalue weighted by atomic mass is 9.88. The molecule has 0 radical (unpaired) electrons. The minimum atomic E-state index is 0.532. The molecule has 1 aliphatic carbocycles. The molecule has 2 heterocycles.